The molecule has 0 fully saturated rings. The fraction of sp³-hybridized carbons (Fsp3) is 0.857. The highest BCUT2D eigenvalue weighted by Crippen LogP contribution is 2.03. The van der Waals surface area contributed by atoms with Crippen molar-refractivity contribution in [1.29, 1.82) is 0 Å². The van der Waals surface area contributed by atoms with Crippen molar-refractivity contribution >= 4 is 17.6 Å². The van der Waals surface area contributed by atoms with Crippen LogP contribution in [0.3, 0.4) is 0 Å². The molecule has 60 valence electrons. The SMILES string of the molecule is CC(=O)OCCCC(C)Cl. The summed E-state index contributed by atoms with van der Waals surface area (Å²) >= 11 is 5.65. The van der Waals surface area contributed by atoms with Crippen LogP contribution in [0.1, 0.15) is 26.7 Å². The Morgan fingerprint density at radius 2 is 2.30 bits per heavy atom. The Hall–Kier alpha value is -0.240. The maximum atomic E-state index is 10.2. The molecule has 0 spiro atoms. The van der Waals surface area contributed by atoms with Gasteiger partial charge in [0.05, 0.1) is 6.61 Å². The van der Waals surface area contributed by atoms with Gasteiger partial charge < -0.3 is 4.74 Å². The molecule has 0 saturated heterocycles. The summed E-state index contributed by atoms with van der Waals surface area (Å²) in [6.07, 6.45) is 1.75. The summed E-state index contributed by atoms with van der Waals surface area (Å²) in [5, 5.41) is 0.176. The maximum absolute atomic E-state index is 10.2. The minimum atomic E-state index is -0.220. The molecule has 0 aromatic heterocycles. The lowest BCUT2D eigenvalue weighted by Gasteiger charge is -2.02. The molecule has 10 heavy (non-hydrogen) atoms. The molecule has 0 aliphatic carbocycles. The van der Waals surface area contributed by atoms with E-state index in [2.05, 4.69) is 0 Å². The Kier molecular flexibility index (Phi) is 5.40. The number of ether oxygens (including phenoxy) is 1. The van der Waals surface area contributed by atoms with Crippen LogP contribution < -0.4 is 0 Å². The number of esters is 1. The molecule has 0 radical (unpaired) electrons. The second kappa shape index (κ2) is 5.54. The number of carbonyl (C=O) groups excluding carboxylic acids is 1. The van der Waals surface area contributed by atoms with Gasteiger partial charge in [0.2, 0.25) is 0 Å². The topological polar surface area (TPSA) is 26.3 Å². The average Bonchev–Trinajstić information content (AvgIpc) is 1.79. The quantitative estimate of drug-likeness (QED) is 0.361. The van der Waals surface area contributed by atoms with Crippen molar-refractivity contribution in [2.24, 2.45) is 0 Å². The standard InChI is InChI=1S/C7H13ClO2/c1-6(8)4-3-5-10-7(2)9/h6H,3-5H2,1-2H3. The zero-order valence-electron chi connectivity index (χ0n) is 6.39. The van der Waals surface area contributed by atoms with Crippen molar-refractivity contribution in [3.05, 3.63) is 0 Å². The highest BCUT2D eigenvalue weighted by molar-refractivity contribution is 6.20. The Labute approximate surface area is 66.5 Å². The molecule has 1 unspecified atom stereocenters. The fourth-order valence-corrected chi connectivity index (χ4v) is 0.735. The molecule has 0 aliphatic heterocycles. The molecule has 0 aromatic carbocycles. The van der Waals surface area contributed by atoms with Crippen molar-refractivity contribution in [3.63, 3.8) is 0 Å². The average molecular weight is 165 g/mol. The second-order valence-corrected chi connectivity index (χ2v) is 3.01. The largest absolute Gasteiger partial charge is 0.466 e. The molecular formula is C7H13ClO2. The molecule has 0 amide bonds. The summed E-state index contributed by atoms with van der Waals surface area (Å²) in [5.74, 6) is -0.220. The molecule has 0 heterocycles. The van der Waals surface area contributed by atoms with E-state index in [-0.39, 0.29) is 11.3 Å². The van der Waals surface area contributed by atoms with Gasteiger partial charge in [-0.05, 0) is 19.8 Å². The van der Waals surface area contributed by atoms with Crippen LogP contribution in [0.25, 0.3) is 0 Å². The molecule has 0 aromatic rings. The van der Waals surface area contributed by atoms with Gasteiger partial charge in [-0.2, -0.15) is 0 Å². The number of alkyl halides is 1. The summed E-state index contributed by atoms with van der Waals surface area (Å²) in [7, 11) is 0. The van der Waals surface area contributed by atoms with Gasteiger partial charge in [-0.25, -0.2) is 0 Å². The third-order valence-corrected chi connectivity index (χ3v) is 1.27. The summed E-state index contributed by atoms with van der Waals surface area (Å²) in [6.45, 7) is 3.83. The Morgan fingerprint density at radius 3 is 2.70 bits per heavy atom. The first-order valence-corrected chi connectivity index (χ1v) is 3.84. The number of halogens is 1. The highest BCUT2D eigenvalue weighted by atomic mass is 35.5. The number of carbonyl (C=O) groups is 1. The number of hydrogen-bond donors (Lipinski definition) is 0. The van der Waals surface area contributed by atoms with Crippen LogP contribution in [-0.4, -0.2) is 18.0 Å². The van der Waals surface area contributed by atoms with Crippen LogP contribution in [0.5, 0.6) is 0 Å². The first-order chi connectivity index (χ1) is 4.63. The molecule has 0 aliphatic rings. The Morgan fingerprint density at radius 1 is 1.70 bits per heavy atom. The Bertz CT molecular complexity index is 102. The van der Waals surface area contributed by atoms with E-state index in [4.69, 9.17) is 16.3 Å². The highest BCUT2D eigenvalue weighted by Gasteiger charge is 1.96. The van der Waals surface area contributed by atoms with Crippen molar-refractivity contribution in [2.75, 3.05) is 6.61 Å². The van der Waals surface area contributed by atoms with Gasteiger partial charge in [-0.3, -0.25) is 4.79 Å². The van der Waals surface area contributed by atoms with Crippen molar-refractivity contribution in [3.8, 4) is 0 Å². The third kappa shape index (κ3) is 7.76. The molecule has 0 N–H and O–H groups in total. The van der Waals surface area contributed by atoms with E-state index in [1.54, 1.807) is 0 Å². The summed E-state index contributed by atoms with van der Waals surface area (Å²) in [4.78, 5) is 10.2. The minimum Gasteiger partial charge on any atom is -0.466 e. The van der Waals surface area contributed by atoms with E-state index in [0.717, 1.165) is 12.8 Å². The van der Waals surface area contributed by atoms with Gasteiger partial charge in [0.25, 0.3) is 0 Å². The molecule has 0 rings (SSSR count). The predicted molar refractivity (Wildman–Crippen MR) is 41.2 cm³/mol. The molecule has 2 nitrogen and oxygen atoms in total. The van der Waals surface area contributed by atoms with E-state index in [1.165, 1.54) is 6.92 Å². The summed E-state index contributed by atoms with van der Waals surface area (Å²) in [6, 6.07) is 0. The molecular weight excluding hydrogens is 152 g/mol. The lowest BCUT2D eigenvalue weighted by molar-refractivity contribution is -0.141. The van der Waals surface area contributed by atoms with Gasteiger partial charge in [0.15, 0.2) is 0 Å². The van der Waals surface area contributed by atoms with E-state index >= 15 is 0 Å². The smallest absolute Gasteiger partial charge is 0.302 e. The lowest BCUT2D eigenvalue weighted by atomic mass is 10.3. The maximum Gasteiger partial charge on any atom is 0.302 e. The zero-order valence-corrected chi connectivity index (χ0v) is 7.15. The van der Waals surface area contributed by atoms with Crippen molar-refractivity contribution < 1.29 is 9.53 Å². The normalized spacial score (nSPS) is 12.7. The molecule has 0 bridgehead atoms. The molecule has 0 saturated carbocycles. The zero-order chi connectivity index (χ0) is 7.98. The number of hydrogen-bond acceptors (Lipinski definition) is 2. The summed E-state index contributed by atoms with van der Waals surface area (Å²) in [5.41, 5.74) is 0. The third-order valence-electron chi connectivity index (χ3n) is 1.05. The Balaban J connectivity index is 2.98. The first kappa shape index (κ1) is 9.76. The van der Waals surface area contributed by atoms with E-state index < -0.39 is 0 Å². The van der Waals surface area contributed by atoms with Crippen LogP contribution in [0.2, 0.25) is 0 Å². The minimum absolute atomic E-state index is 0.176. The van der Waals surface area contributed by atoms with Gasteiger partial charge in [0, 0.05) is 12.3 Å². The molecule has 3 heteroatoms. The van der Waals surface area contributed by atoms with Gasteiger partial charge in [-0.1, -0.05) is 0 Å². The van der Waals surface area contributed by atoms with Crippen LogP contribution in [-0.2, 0) is 9.53 Å². The van der Waals surface area contributed by atoms with Crippen LogP contribution >= 0.6 is 11.6 Å². The van der Waals surface area contributed by atoms with Crippen molar-refractivity contribution in [2.45, 2.75) is 32.1 Å². The van der Waals surface area contributed by atoms with E-state index in [9.17, 15) is 4.79 Å². The number of rotatable bonds is 4. The van der Waals surface area contributed by atoms with E-state index in [0.29, 0.717) is 6.61 Å². The van der Waals surface area contributed by atoms with Crippen molar-refractivity contribution in [1.82, 2.24) is 0 Å². The van der Waals surface area contributed by atoms with Crippen LogP contribution in [0, 0.1) is 0 Å². The van der Waals surface area contributed by atoms with Gasteiger partial charge in [-0.15, -0.1) is 11.6 Å². The lowest BCUT2D eigenvalue weighted by Crippen LogP contribution is -2.02. The first-order valence-electron chi connectivity index (χ1n) is 3.40. The monoisotopic (exact) mass is 164 g/mol. The van der Waals surface area contributed by atoms with Crippen LogP contribution in [0.4, 0.5) is 0 Å². The predicted octanol–water partition coefficient (Wildman–Crippen LogP) is 1.96. The van der Waals surface area contributed by atoms with E-state index in [1.807, 2.05) is 6.92 Å². The van der Waals surface area contributed by atoms with Gasteiger partial charge >= 0.3 is 5.97 Å². The van der Waals surface area contributed by atoms with Gasteiger partial charge in [0.1, 0.15) is 0 Å². The van der Waals surface area contributed by atoms with Crippen LogP contribution in [0.15, 0.2) is 0 Å². The second-order valence-electron chi connectivity index (χ2n) is 2.26. The fourth-order valence-electron chi connectivity index (χ4n) is 0.581. The summed E-state index contributed by atoms with van der Waals surface area (Å²) < 4.78 is 4.69. The molecule has 1 atom stereocenters.